The van der Waals surface area contributed by atoms with Gasteiger partial charge in [-0.05, 0) is 47.8 Å². The Morgan fingerprint density at radius 3 is 2.50 bits per heavy atom. The average Bonchev–Trinajstić information content (AvgIpc) is 2.31. The molecule has 18 heavy (non-hydrogen) atoms. The van der Waals surface area contributed by atoms with Crippen molar-refractivity contribution in [3.8, 4) is 0 Å². The van der Waals surface area contributed by atoms with Crippen molar-refractivity contribution in [1.82, 2.24) is 0 Å². The van der Waals surface area contributed by atoms with E-state index in [9.17, 15) is 4.39 Å². The summed E-state index contributed by atoms with van der Waals surface area (Å²) in [6.07, 6.45) is 3.30. The van der Waals surface area contributed by atoms with Gasteiger partial charge >= 0.3 is 0 Å². The molecule has 1 aliphatic rings. The van der Waals surface area contributed by atoms with Crippen LogP contribution < -0.4 is 0 Å². The van der Waals surface area contributed by atoms with Crippen LogP contribution in [0.1, 0.15) is 44.7 Å². The summed E-state index contributed by atoms with van der Waals surface area (Å²) >= 11 is 0. The summed E-state index contributed by atoms with van der Waals surface area (Å²) < 4.78 is 19.2. The monoisotopic (exact) mass is 250 g/mol. The zero-order chi connectivity index (χ0) is 13.2. The molecule has 1 nitrogen and oxygen atoms in total. The van der Waals surface area contributed by atoms with Crippen LogP contribution in [-0.2, 0) is 16.6 Å². The molecule has 100 valence electrons. The van der Waals surface area contributed by atoms with Crippen molar-refractivity contribution in [2.75, 3.05) is 13.2 Å². The van der Waals surface area contributed by atoms with Crippen molar-refractivity contribution in [3.05, 3.63) is 35.1 Å². The van der Waals surface area contributed by atoms with Gasteiger partial charge in [-0.15, -0.1) is 0 Å². The van der Waals surface area contributed by atoms with Crippen molar-refractivity contribution in [1.29, 1.82) is 0 Å². The fourth-order valence-electron chi connectivity index (χ4n) is 2.56. The predicted octanol–water partition coefficient (Wildman–Crippen LogP) is 4.09. The minimum Gasteiger partial charge on any atom is -0.381 e. The quantitative estimate of drug-likeness (QED) is 0.768. The molecule has 1 aromatic carbocycles. The van der Waals surface area contributed by atoms with Crippen molar-refractivity contribution in [2.45, 2.75) is 45.4 Å². The summed E-state index contributed by atoms with van der Waals surface area (Å²) in [6, 6.07) is 5.60. The van der Waals surface area contributed by atoms with Crippen LogP contribution in [0.2, 0.25) is 0 Å². The van der Waals surface area contributed by atoms with Gasteiger partial charge in [0.15, 0.2) is 0 Å². The molecule has 1 aliphatic heterocycles. The SMILES string of the molecule is CC(C)(C)c1cc(CC2CCOCC2)ccc1F. The van der Waals surface area contributed by atoms with Crippen molar-refractivity contribution < 1.29 is 9.13 Å². The van der Waals surface area contributed by atoms with E-state index in [0.29, 0.717) is 5.92 Å². The first kappa shape index (κ1) is 13.5. The molecule has 1 heterocycles. The van der Waals surface area contributed by atoms with Crippen LogP contribution in [0.15, 0.2) is 18.2 Å². The Morgan fingerprint density at radius 2 is 1.89 bits per heavy atom. The molecule has 0 N–H and O–H groups in total. The van der Waals surface area contributed by atoms with Gasteiger partial charge in [-0.2, -0.15) is 0 Å². The molecule has 0 atom stereocenters. The molecule has 2 heteroatoms. The first-order chi connectivity index (χ1) is 8.47. The minimum absolute atomic E-state index is 0.0850. The van der Waals surface area contributed by atoms with Gasteiger partial charge in [-0.1, -0.05) is 32.9 Å². The van der Waals surface area contributed by atoms with E-state index in [-0.39, 0.29) is 11.2 Å². The average molecular weight is 250 g/mol. The first-order valence-electron chi connectivity index (χ1n) is 6.83. The lowest BCUT2D eigenvalue weighted by atomic mass is 9.84. The maximum atomic E-state index is 13.8. The molecule has 0 spiro atoms. The molecular weight excluding hydrogens is 227 g/mol. The summed E-state index contributed by atoms with van der Waals surface area (Å²) in [5.41, 5.74) is 1.95. The zero-order valence-corrected chi connectivity index (χ0v) is 11.6. The summed E-state index contributed by atoms with van der Waals surface area (Å²) in [7, 11) is 0. The van der Waals surface area contributed by atoms with E-state index < -0.39 is 0 Å². The van der Waals surface area contributed by atoms with Crippen LogP contribution in [0, 0.1) is 11.7 Å². The minimum atomic E-state index is -0.129. The van der Waals surface area contributed by atoms with Gasteiger partial charge in [0.25, 0.3) is 0 Å². The molecule has 0 saturated carbocycles. The smallest absolute Gasteiger partial charge is 0.126 e. The van der Waals surface area contributed by atoms with Gasteiger partial charge in [0.2, 0.25) is 0 Å². The second kappa shape index (κ2) is 5.40. The fourth-order valence-corrected chi connectivity index (χ4v) is 2.56. The second-order valence-electron chi connectivity index (χ2n) is 6.32. The van der Waals surface area contributed by atoms with Crippen LogP contribution in [0.5, 0.6) is 0 Å². The van der Waals surface area contributed by atoms with E-state index in [1.807, 2.05) is 12.1 Å². The Balaban J connectivity index is 2.14. The van der Waals surface area contributed by atoms with E-state index in [4.69, 9.17) is 4.74 Å². The van der Waals surface area contributed by atoms with Gasteiger partial charge < -0.3 is 4.74 Å². The maximum absolute atomic E-state index is 13.8. The third-order valence-corrected chi connectivity index (χ3v) is 3.70. The topological polar surface area (TPSA) is 9.23 Å². The number of halogens is 1. The van der Waals surface area contributed by atoms with Gasteiger partial charge in [0.05, 0.1) is 0 Å². The summed E-state index contributed by atoms with van der Waals surface area (Å²) in [5, 5.41) is 0. The fraction of sp³-hybridized carbons (Fsp3) is 0.625. The van der Waals surface area contributed by atoms with Crippen LogP contribution in [0.3, 0.4) is 0 Å². The standard InChI is InChI=1S/C16H23FO/c1-16(2,3)14-11-13(4-5-15(14)17)10-12-6-8-18-9-7-12/h4-5,11-12H,6-10H2,1-3H3. The number of ether oxygens (including phenoxy) is 1. The van der Waals surface area contributed by atoms with Gasteiger partial charge in [-0.25, -0.2) is 4.39 Å². The molecular formula is C16H23FO. The Hall–Kier alpha value is -0.890. The highest BCUT2D eigenvalue weighted by atomic mass is 19.1. The van der Waals surface area contributed by atoms with Crippen LogP contribution in [0.25, 0.3) is 0 Å². The van der Waals surface area contributed by atoms with Crippen LogP contribution >= 0.6 is 0 Å². The molecule has 1 fully saturated rings. The Labute approximate surface area is 109 Å². The third-order valence-electron chi connectivity index (χ3n) is 3.70. The Bertz CT molecular complexity index is 400. The normalized spacial score (nSPS) is 18.0. The van der Waals surface area contributed by atoms with Crippen LogP contribution in [0.4, 0.5) is 4.39 Å². The molecule has 0 aliphatic carbocycles. The highest BCUT2D eigenvalue weighted by Crippen LogP contribution is 2.28. The van der Waals surface area contributed by atoms with Crippen LogP contribution in [-0.4, -0.2) is 13.2 Å². The third kappa shape index (κ3) is 3.32. The largest absolute Gasteiger partial charge is 0.381 e. The number of rotatable bonds is 2. The summed E-state index contributed by atoms with van der Waals surface area (Å²) in [6.45, 7) is 7.92. The summed E-state index contributed by atoms with van der Waals surface area (Å²) in [5.74, 6) is 0.607. The number of hydrogen-bond donors (Lipinski definition) is 0. The van der Waals surface area contributed by atoms with E-state index in [1.54, 1.807) is 6.07 Å². The molecule has 1 aromatic rings. The maximum Gasteiger partial charge on any atom is 0.126 e. The molecule has 0 radical (unpaired) electrons. The molecule has 0 amide bonds. The molecule has 0 aromatic heterocycles. The van der Waals surface area contributed by atoms with Crippen molar-refractivity contribution in [2.24, 2.45) is 5.92 Å². The lowest BCUT2D eigenvalue weighted by Crippen LogP contribution is -2.18. The van der Waals surface area contributed by atoms with Gasteiger partial charge in [-0.3, -0.25) is 0 Å². The lowest BCUT2D eigenvalue weighted by molar-refractivity contribution is 0.0665. The molecule has 0 bridgehead atoms. The van der Waals surface area contributed by atoms with Crippen molar-refractivity contribution >= 4 is 0 Å². The number of benzene rings is 1. The van der Waals surface area contributed by atoms with Gasteiger partial charge in [0, 0.05) is 13.2 Å². The van der Waals surface area contributed by atoms with E-state index in [2.05, 4.69) is 20.8 Å². The highest BCUT2D eigenvalue weighted by molar-refractivity contribution is 5.30. The Kier molecular flexibility index (Phi) is 4.06. The predicted molar refractivity (Wildman–Crippen MR) is 72.3 cm³/mol. The first-order valence-corrected chi connectivity index (χ1v) is 6.83. The second-order valence-corrected chi connectivity index (χ2v) is 6.32. The van der Waals surface area contributed by atoms with E-state index in [0.717, 1.165) is 38.0 Å². The van der Waals surface area contributed by atoms with E-state index in [1.165, 1.54) is 5.56 Å². The molecule has 0 unspecified atom stereocenters. The van der Waals surface area contributed by atoms with Crippen molar-refractivity contribution in [3.63, 3.8) is 0 Å². The van der Waals surface area contributed by atoms with E-state index >= 15 is 0 Å². The van der Waals surface area contributed by atoms with Gasteiger partial charge in [0.1, 0.15) is 5.82 Å². The molecule has 1 saturated heterocycles. The highest BCUT2D eigenvalue weighted by Gasteiger charge is 2.20. The lowest BCUT2D eigenvalue weighted by Gasteiger charge is -2.24. The molecule has 2 rings (SSSR count). The number of hydrogen-bond acceptors (Lipinski definition) is 1. The summed E-state index contributed by atoms with van der Waals surface area (Å²) in [4.78, 5) is 0. The zero-order valence-electron chi connectivity index (χ0n) is 11.6. The Morgan fingerprint density at radius 1 is 1.22 bits per heavy atom.